The second kappa shape index (κ2) is 5.69. The summed E-state index contributed by atoms with van der Waals surface area (Å²) in [6, 6.07) is 13.9. The molecule has 0 amide bonds. The Balaban J connectivity index is 2.11. The van der Waals surface area contributed by atoms with Gasteiger partial charge in [-0.15, -0.1) is 0 Å². The molecule has 18 heavy (non-hydrogen) atoms. The van der Waals surface area contributed by atoms with Crippen LogP contribution in [0.25, 0.3) is 0 Å². The minimum Gasteiger partial charge on any atom is -0.497 e. The van der Waals surface area contributed by atoms with Gasteiger partial charge in [0.25, 0.3) is 0 Å². The van der Waals surface area contributed by atoms with Crippen molar-refractivity contribution < 1.29 is 14.3 Å². The van der Waals surface area contributed by atoms with Crippen LogP contribution >= 0.6 is 15.9 Å². The van der Waals surface area contributed by atoms with Crippen molar-refractivity contribution in [2.75, 3.05) is 7.11 Å². The van der Waals surface area contributed by atoms with Gasteiger partial charge in [-0.3, -0.25) is 0 Å². The predicted molar refractivity (Wildman–Crippen MR) is 72.1 cm³/mol. The maximum atomic E-state index is 11.8. The van der Waals surface area contributed by atoms with Gasteiger partial charge >= 0.3 is 5.97 Å². The predicted octanol–water partition coefficient (Wildman–Crippen LogP) is 3.68. The molecule has 0 aliphatic heterocycles. The zero-order valence-electron chi connectivity index (χ0n) is 9.72. The van der Waals surface area contributed by atoms with E-state index < -0.39 is 0 Å². The first-order chi connectivity index (χ1) is 8.69. The van der Waals surface area contributed by atoms with Crippen LogP contribution in [-0.2, 0) is 0 Å². The van der Waals surface area contributed by atoms with E-state index in [1.54, 1.807) is 49.6 Å². The molecule has 0 N–H and O–H groups in total. The third-order valence-corrected chi connectivity index (χ3v) is 2.82. The summed E-state index contributed by atoms with van der Waals surface area (Å²) in [5.74, 6) is 0.819. The van der Waals surface area contributed by atoms with Crippen molar-refractivity contribution in [1.82, 2.24) is 0 Å². The van der Waals surface area contributed by atoms with Gasteiger partial charge in [0.15, 0.2) is 0 Å². The number of methoxy groups -OCH3 is 1. The fraction of sp³-hybridized carbons (Fsp3) is 0.0714. The summed E-state index contributed by atoms with van der Waals surface area (Å²) in [4.78, 5) is 11.8. The van der Waals surface area contributed by atoms with Gasteiger partial charge in [-0.1, -0.05) is 22.0 Å². The molecule has 92 valence electrons. The van der Waals surface area contributed by atoms with E-state index in [1.165, 1.54) is 0 Å². The molecule has 0 aliphatic rings. The number of hydrogen-bond donors (Lipinski definition) is 0. The molecule has 0 aromatic heterocycles. The van der Waals surface area contributed by atoms with E-state index in [9.17, 15) is 4.79 Å². The SMILES string of the molecule is COc1ccc(OC(=O)c2cccc(Br)c2)cc1. The van der Waals surface area contributed by atoms with Crippen LogP contribution in [0.4, 0.5) is 0 Å². The number of ether oxygens (including phenoxy) is 2. The number of benzene rings is 2. The smallest absolute Gasteiger partial charge is 0.343 e. The molecule has 0 saturated carbocycles. The third kappa shape index (κ3) is 3.11. The maximum Gasteiger partial charge on any atom is 0.343 e. The van der Waals surface area contributed by atoms with Crippen molar-refractivity contribution in [1.29, 1.82) is 0 Å². The second-order valence-electron chi connectivity index (χ2n) is 3.58. The lowest BCUT2D eigenvalue weighted by atomic mass is 10.2. The number of carbonyl (C=O) groups excluding carboxylic acids is 1. The van der Waals surface area contributed by atoms with Crippen LogP contribution < -0.4 is 9.47 Å². The van der Waals surface area contributed by atoms with Crippen LogP contribution in [-0.4, -0.2) is 13.1 Å². The first-order valence-corrected chi connectivity index (χ1v) is 6.10. The lowest BCUT2D eigenvalue weighted by Gasteiger charge is -2.05. The third-order valence-electron chi connectivity index (χ3n) is 2.33. The van der Waals surface area contributed by atoms with Crippen molar-refractivity contribution in [2.24, 2.45) is 0 Å². The van der Waals surface area contributed by atoms with Crippen molar-refractivity contribution in [3.05, 3.63) is 58.6 Å². The van der Waals surface area contributed by atoms with E-state index >= 15 is 0 Å². The van der Waals surface area contributed by atoms with Gasteiger partial charge in [-0.05, 0) is 42.5 Å². The molecule has 0 unspecified atom stereocenters. The largest absolute Gasteiger partial charge is 0.497 e. The van der Waals surface area contributed by atoms with E-state index in [4.69, 9.17) is 9.47 Å². The second-order valence-corrected chi connectivity index (χ2v) is 4.49. The lowest BCUT2D eigenvalue weighted by Crippen LogP contribution is -2.08. The van der Waals surface area contributed by atoms with E-state index in [2.05, 4.69) is 15.9 Å². The van der Waals surface area contributed by atoms with Crippen molar-refractivity contribution in [3.8, 4) is 11.5 Å². The first-order valence-electron chi connectivity index (χ1n) is 5.31. The van der Waals surface area contributed by atoms with Crippen LogP contribution in [0, 0.1) is 0 Å². The fourth-order valence-corrected chi connectivity index (χ4v) is 1.82. The quantitative estimate of drug-likeness (QED) is 0.641. The minimum atomic E-state index is -0.388. The van der Waals surface area contributed by atoms with E-state index in [1.807, 2.05) is 6.07 Å². The topological polar surface area (TPSA) is 35.5 Å². The van der Waals surface area contributed by atoms with E-state index in [0.717, 1.165) is 10.2 Å². The number of halogens is 1. The Kier molecular flexibility index (Phi) is 3.99. The summed E-state index contributed by atoms with van der Waals surface area (Å²) < 4.78 is 11.1. The molecule has 0 radical (unpaired) electrons. The Bertz CT molecular complexity index is 549. The molecule has 0 heterocycles. The molecular formula is C14H11BrO3. The molecule has 0 saturated heterocycles. The van der Waals surface area contributed by atoms with Gasteiger partial charge in [-0.2, -0.15) is 0 Å². The summed E-state index contributed by atoms with van der Waals surface area (Å²) in [5.41, 5.74) is 0.500. The van der Waals surface area contributed by atoms with Gasteiger partial charge in [0, 0.05) is 4.47 Å². The fourth-order valence-electron chi connectivity index (χ4n) is 1.43. The van der Waals surface area contributed by atoms with Crippen molar-refractivity contribution in [2.45, 2.75) is 0 Å². The summed E-state index contributed by atoms with van der Waals surface area (Å²) >= 11 is 3.31. The number of esters is 1. The Labute approximate surface area is 113 Å². The zero-order valence-corrected chi connectivity index (χ0v) is 11.3. The molecule has 4 heteroatoms. The van der Waals surface area contributed by atoms with Gasteiger partial charge in [0.05, 0.1) is 12.7 Å². The number of rotatable bonds is 3. The van der Waals surface area contributed by atoms with Crippen LogP contribution in [0.15, 0.2) is 53.0 Å². The molecule has 0 aliphatic carbocycles. The highest BCUT2D eigenvalue weighted by atomic mass is 79.9. The standard InChI is InChI=1S/C14H11BrO3/c1-17-12-5-7-13(8-6-12)18-14(16)10-3-2-4-11(15)9-10/h2-9H,1H3. The highest BCUT2D eigenvalue weighted by Crippen LogP contribution is 2.19. The van der Waals surface area contributed by atoms with Crippen LogP contribution in [0.1, 0.15) is 10.4 Å². The summed E-state index contributed by atoms with van der Waals surface area (Å²) in [7, 11) is 1.59. The number of carbonyl (C=O) groups is 1. The number of hydrogen-bond acceptors (Lipinski definition) is 3. The highest BCUT2D eigenvalue weighted by molar-refractivity contribution is 9.10. The van der Waals surface area contributed by atoms with Gasteiger partial charge in [0.2, 0.25) is 0 Å². The Morgan fingerprint density at radius 2 is 1.72 bits per heavy atom. The first kappa shape index (κ1) is 12.6. The summed E-state index contributed by atoms with van der Waals surface area (Å²) in [6.07, 6.45) is 0. The highest BCUT2D eigenvalue weighted by Gasteiger charge is 2.08. The Morgan fingerprint density at radius 3 is 2.33 bits per heavy atom. The molecule has 0 fully saturated rings. The molecular weight excluding hydrogens is 296 g/mol. The molecule has 2 aromatic rings. The van der Waals surface area contributed by atoms with Crippen LogP contribution in [0.5, 0.6) is 11.5 Å². The normalized spacial score (nSPS) is 9.89. The van der Waals surface area contributed by atoms with Gasteiger partial charge in [-0.25, -0.2) is 4.79 Å². The van der Waals surface area contributed by atoms with E-state index in [0.29, 0.717) is 11.3 Å². The molecule has 0 bridgehead atoms. The molecule has 2 aromatic carbocycles. The maximum absolute atomic E-state index is 11.8. The van der Waals surface area contributed by atoms with Crippen molar-refractivity contribution >= 4 is 21.9 Å². The van der Waals surface area contributed by atoms with Gasteiger partial charge in [0.1, 0.15) is 11.5 Å². The van der Waals surface area contributed by atoms with Gasteiger partial charge < -0.3 is 9.47 Å². The monoisotopic (exact) mass is 306 g/mol. The van der Waals surface area contributed by atoms with E-state index in [-0.39, 0.29) is 5.97 Å². The molecule has 2 rings (SSSR count). The molecule has 3 nitrogen and oxygen atoms in total. The Morgan fingerprint density at radius 1 is 1.06 bits per heavy atom. The Hall–Kier alpha value is -1.81. The van der Waals surface area contributed by atoms with Crippen LogP contribution in [0.2, 0.25) is 0 Å². The van der Waals surface area contributed by atoms with Crippen LogP contribution in [0.3, 0.4) is 0 Å². The minimum absolute atomic E-state index is 0.388. The zero-order chi connectivity index (χ0) is 13.0. The average Bonchev–Trinajstić information content (AvgIpc) is 2.39. The molecule has 0 atom stereocenters. The van der Waals surface area contributed by atoms with Crippen molar-refractivity contribution in [3.63, 3.8) is 0 Å². The summed E-state index contributed by atoms with van der Waals surface area (Å²) in [5, 5.41) is 0. The molecule has 0 spiro atoms. The lowest BCUT2D eigenvalue weighted by molar-refractivity contribution is 0.0734. The summed E-state index contributed by atoms with van der Waals surface area (Å²) in [6.45, 7) is 0. The average molecular weight is 307 g/mol.